The van der Waals surface area contributed by atoms with Gasteiger partial charge in [0.05, 0.1) is 16.6 Å². The summed E-state index contributed by atoms with van der Waals surface area (Å²) in [5, 5.41) is 0. The number of aromatic nitrogens is 3. The van der Waals surface area contributed by atoms with Crippen molar-refractivity contribution in [2.45, 2.75) is 83.9 Å². The topological polar surface area (TPSA) is 72.1 Å². The van der Waals surface area contributed by atoms with Crippen LogP contribution in [0.1, 0.15) is 77.1 Å². The van der Waals surface area contributed by atoms with E-state index in [4.69, 9.17) is 4.74 Å². The average Bonchev–Trinajstić information content (AvgIpc) is 3.48. The van der Waals surface area contributed by atoms with Crippen LogP contribution >= 0.6 is 15.9 Å². The van der Waals surface area contributed by atoms with Gasteiger partial charge in [-0.1, -0.05) is 34.8 Å². The van der Waals surface area contributed by atoms with E-state index in [9.17, 15) is 9.59 Å². The monoisotopic (exact) mass is 581 g/mol. The van der Waals surface area contributed by atoms with Crippen LogP contribution in [-0.4, -0.2) is 56.2 Å². The van der Waals surface area contributed by atoms with Gasteiger partial charge in [-0.05, 0) is 71.6 Å². The fraction of sp³-hybridized carbons (Fsp3) is 0.552. The molecule has 2 aromatic heterocycles. The third-order valence-electron chi connectivity index (χ3n) is 8.09. The second-order valence-electron chi connectivity index (χ2n) is 11.9. The highest BCUT2D eigenvalue weighted by Crippen LogP contribution is 2.38. The third-order valence-corrected chi connectivity index (χ3v) is 8.81. The molecular formula is C29H36BrN5O3. The number of carbonyl (C=O) groups excluding carboxylic acids is 1. The Morgan fingerprint density at radius 2 is 1.89 bits per heavy atom. The molecule has 8 nitrogen and oxygen atoms in total. The molecule has 1 amide bonds. The molecule has 2 aliphatic carbocycles. The SMILES string of the molecule is C[C@@H]1CN(C(=O)OC(C)(C)C)CCN1c1ccc2c(c1)n(C1CCCC1)c1nc(=O)c3c(n21)CCC=C3Br. The standard InChI is InChI=1S/C29H36BrN5O3/c1-18-17-32(28(37)38-29(2,3)4)14-15-33(18)20-12-13-22-24(16-20)34(19-8-5-6-9-19)27-31-26(36)25-21(30)10-7-11-23(25)35(22)27/h10,12-13,16,18-19H,5-9,11,14-15,17H2,1-4H3/t18-/m1/s1. The molecule has 9 heteroatoms. The van der Waals surface area contributed by atoms with Gasteiger partial charge >= 0.3 is 6.09 Å². The first-order valence-corrected chi connectivity index (χ1v) is 14.6. The Labute approximate surface area is 231 Å². The molecule has 0 bridgehead atoms. The van der Waals surface area contributed by atoms with Crippen molar-refractivity contribution in [3.05, 3.63) is 45.9 Å². The van der Waals surface area contributed by atoms with Crippen molar-refractivity contribution in [1.82, 2.24) is 18.9 Å². The molecule has 202 valence electrons. The lowest BCUT2D eigenvalue weighted by atomic mass is 10.0. The largest absolute Gasteiger partial charge is 0.444 e. The van der Waals surface area contributed by atoms with Gasteiger partial charge in [-0.25, -0.2) is 4.79 Å². The van der Waals surface area contributed by atoms with Crippen LogP contribution in [0, 0.1) is 0 Å². The maximum Gasteiger partial charge on any atom is 0.410 e. The summed E-state index contributed by atoms with van der Waals surface area (Å²) in [5.41, 5.74) is 4.43. The second kappa shape index (κ2) is 9.43. The van der Waals surface area contributed by atoms with Gasteiger partial charge in [0.15, 0.2) is 0 Å². The van der Waals surface area contributed by atoms with Gasteiger partial charge in [0, 0.05) is 47.6 Å². The normalized spacial score (nSPS) is 20.8. The molecule has 0 radical (unpaired) electrons. The first kappa shape index (κ1) is 25.5. The lowest BCUT2D eigenvalue weighted by molar-refractivity contribution is 0.0219. The van der Waals surface area contributed by atoms with Crippen LogP contribution in [0.5, 0.6) is 0 Å². The molecule has 6 rings (SSSR count). The number of piperazine rings is 1. The van der Waals surface area contributed by atoms with Crippen LogP contribution in [0.2, 0.25) is 0 Å². The Morgan fingerprint density at radius 1 is 1.13 bits per heavy atom. The molecule has 3 heterocycles. The lowest BCUT2D eigenvalue weighted by Gasteiger charge is -2.41. The summed E-state index contributed by atoms with van der Waals surface area (Å²) in [4.78, 5) is 34.7. The molecule has 1 aliphatic heterocycles. The highest BCUT2D eigenvalue weighted by Gasteiger charge is 2.32. The summed E-state index contributed by atoms with van der Waals surface area (Å²) < 4.78 is 11.0. The van der Waals surface area contributed by atoms with Gasteiger partial charge in [-0.3, -0.25) is 9.20 Å². The van der Waals surface area contributed by atoms with Crippen molar-refractivity contribution in [3.8, 4) is 0 Å². The molecule has 1 atom stereocenters. The maximum absolute atomic E-state index is 13.2. The Morgan fingerprint density at radius 3 is 2.61 bits per heavy atom. The Hall–Kier alpha value is -2.81. The predicted molar refractivity (Wildman–Crippen MR) is 154 cm³/mol. The maximum atomic E-state index is 13.2. The van der Waals surface area contributed by atoms with Crippen LogP contribution in [-0.2, 0) is 11.2 Å². The zero-order chi connectivity index (χ0) is 26.8. The summed E-state index contributed by atoms with van der Waals surface area (Å²) in [6.45, 7) is 9.83. The Kier molecular flexibility index (Phi) is 6.32. The Bertz CT molecular complexity index is 1510. The minimum absolute atomic E-state index is 0.144. The molecule has 1 saturated heterocycles. The number of hydrogen-bond acceptors (Lipinski definition) is 5. The number of amides is 1. The van der Waals surface area contributed by atoms with Crippen molar-refractivity contribution in [2.75, 3.05) is 24.5 Å². The molecule has 1 saturated carbocycles. The molecule has 0 N–H and O–H groups in total. The van der Waals surface area contributed by atoms with Gasteiger partial charge in [-0.15, -0.1) is 0 Å². The Balaban J connectivity index is 1.43. The van der Waals surface area contributed by atoms with Crippen molar-refractivity contribution < 1.29 is 9.53 Å². The van der Waals surface area contributed by atoms with Crippen LogP contribution in [0.25, 0.3) is 21.3 Å². The molecule has 3 aliphatic rings. The molecule has 1 aromatic carbocycles. The summed E-state index contributed by atoms with van der Waals surface area (Å²) >= 11 is 3.62. The fourth-order valence-corrected chi connectivity index (χ4v) is 7.05. The number of benzene rings is 1. The number of aryl methyl sites for hydroxylation is 1. The minimum atomic E-state index is -0.504. The number of hydrogen-bond donors (Lipinski definition) is 0. The zero-order valence-corrected chi connectivity index (χ0v) is 24.3. The van der Waals surface area contributed by atoms with Gasteiger partial charge in [0.2, 0.25) is 5.78 Å². The van der Waals surface area contributed by atoms with Crippen molar-refractivity contribution in [3.63, 3.8) is 0 Å². The van der Waals surface area contributed by atoms with Crippen molar-refractivity contribution in [2.24, 2.45) is 0 Å². The summed E-state index contributed by atoms with van der Waals surface area (Å²) in [5.74, 6) is 0.762. The van der Waals surface area contributed by atoms with E-state index in [0.717, 1.165) is 64.9 Å². The first-order valence-electron chi connectivity index (χ1n) is 13.8. The van der Waals surface area contributed by atoms with Gasteiger partial charge < -0.3 is 19.1 Å². The molecule has 3 aromatic rings. The highest BCUT2D eigenvalue weighted by atomic mass is 79.9. The average molecular weight is 583 g/mol. The quantitative estimate of drug-likeness (QED) is 0.377. The summed E-state index contributed by atoms with van der Waals surface area (Å²) in [6.07, 6.45) is 8.14. The number of ether oxygens (including phenoxy) is 1. The number of halogens is 1. The smallest absolute Gasteiger partial charge is 0.410 e. The molecule has 0 unspecified atom stereocenters. The first-order chi connectivity index (χ1) is 18.1. The molecule has 0 spiro atoms. The van der Waals surface area contributed by atoms with E-state index in [0.29, 0.717) is 24.7 Å². The fourth-order valence-electron chi connectivity index (χ4n) is 6.42. The van der Waals surface area contributed by atoms with E-state index in [1.807, 2.05) is 25.7 Å². The van der Waals surface area contributed by atoms with E-state index in [2.05, 4.69) is 66.0 Å². The van der Waals surface area contributed by atoms with Crippen LogP contribution < -0.4 is 10.5 Å². The molecule has 2 fully saturated rings. The van der Waals surface area contributed by atoms with Crippen molar-refractivity contribution >= 4 is 49.0 Å². The number of rotatable bonds is 2. The van der Waals surface area contributed by atoms with E-state index >= 15 is 0 Å². The number of allylic oxidation sites excluding steroid dienone is 1. The second-order valence-corrected chi connectivity index (χ2v) is 12.8. The number of anilines is 1. The molecule has 38 heavy (non-hydrogen) atoms. The van der Waals surface area contributed by atoms with E-state index < -0.39 is 5.60 Å². The zero-order valence-electron chi connectivity index (χ0n) is 22.7. The number of fused-ring (bicyclic) bond motifs is 5. The van der Waals surface area contributed by atoms with E-state index in [-0.39, 0.29) is 17.7 Å². The summed E-state index contributed by atoms with van der Waals surface area (Å²) in [6, 6.07) is 7.12. The molecular weight excluding hydrogens is 546 g/mol. The number of carbonyl (C=O) groups is 1. The number of nitrogens with zero attached hydrogens (tertiary/aromatic N) is 5. The van der Waals surface area contributed by atoms with Gasteiger partial charge in [-0.2, -0.15) is 4.98 Å². The van der Waals surface area contributed by atoms with Gasteiger partial charge in [0.1, 0.15) is 5.60 Å². The van der Waals surface area contributed by atoms with Crippen LogP contribution in [0.4, 0.5) is 10.5 Å². The van der Waals surface area contributed by atoms with Gasteiger partial charge in [0.25, 0.3) is 5.56 Å². The summed E-state index contributed by atoms with van der Waals surface area (Å²) in [7, 11) is 0. The lowest BCUT2D eigenvalue weighted by Crippen LogP contribution is -2.54. The predicted octanol–water partition coefficient (Wildman–Crippen LogP) is 5.89. The highest BCUT2D eigenvalue weighted by molar-refractivity contribution is 9.15. The van der Waals surface area contributed by atoms with Crippen molar-refractivity contribution in [1.29, 1.82) is 0 Å². The van der Waals surface area contributed by atoms with E-state index in [1.54, 1.807) is 0 Å². The van der Waals surface area contributed by atoms with Crippen LogP contribution in [0.3, 0.4) is 0 Å². The number of imidazole rings is 1. The van der Waals surface area contributed by atoms with E-state index in [1.165, 1.54) is 12.8 Å². The van der Waals surface area contributed by atoms with Crippen LogP contribution in [0.15, 0.2) is 29.1 Å². The minimum Gasteiger partial charge on any atom is -0.444 e. The third kappa shape index (κ3) is 4.32.